The van der Waals surface area contributed by atoms with Crippen LogP contribution in [-0.2, 0) is 11.2 Å². The number of hydrogen-bond acceptors (Lipinski definition) is 5. The Labute approximate surface area is 144 Å². The summed E-state index contributed by atoms with van der Waals surface area (Å²) in [6, 6.07) is 10.7. The summed E-state index contributed by atoms with van der Waals surface area (Å²) < 4.78 is 4.73. The van der Waals surface area contributed by atoms with Gasteiger partial charge in [-0.05, 0) is 48.7 Å². The molecule has 0 aromatic heterocycles. The van der Waals surface area contributed by atoms with Crippen LogP contribution in [0.2, 0.25) is 0 Å². The van der Waals surface area contributed by atoms with E-state index in [0.717, 1.165) is 24.1 Å². The van der Waals surface area contributed by atoms with Crippen molar-refractivity contribution in [2.45, 2.75) is 12.8 Å². The zero-order valence-corrected chi connectivity index (χ0v) is 13.6. The van der Waals surface area contributed by atoms with Gasteiger partial charge >= 0.3 is 5.97 Å². The fourth-order valence-corrected chi connectivity index (χ4v) is 2.93. The highest BCUT2D eigenvalue weighted by molar-refractivity contribution is 6.07. The Morgan fingerprint density at radius 1 is 1.12 bits per heavy atom. The van der Waals surface area contributed by atoms with Gasteiger partial charge < -0.3 is 9.64 Å². The van der Waals surface area contributed by atoms with E-state index in [-0.39, 0.29) is 11.6 Å². The molecule has 1 aliphatic rings. The average Bonchev–Trinajstić information content (AvgIpc) is 2.65. The van der Waals surface area contributed by atoms with Gasteiger partial charge in [-0.25, -0.2) is 4.79 Å². The van der Waals surface area contributed by atoms with Crippen molar-refractivity contribution in [3.8, 4) is 0 Å². The Hall–Kier alpha value is -3.22. The molecule has 128 valence electrons. The lowest BCUT2D eigenvalue weighted by Gasteiger charge is -2.29. The zero-order chi connectivity index (χ0) is 18.0. The highest BCUT2D eigenvalue weighted by Gasteiger charge is 2.25. The number of esters is 1. The third-order valence-electron chi connectivity index (χ3n) is 4.19. The average molecular weight is 340 g/mol. The van der Waals surface area contributed by atoms with E-state index >= 15 is 0 Å². The predicted molar refractivity (Wildman–Crippen MR) is 90.9 cm³/mol. The molecule has 0 unspecified atom stereocenters. The van der Waals surface area contributed by atoms with Gasteiger partial charge in [0.2, 0.25) is 0 Å². The predicted octanol–water partition coefficient (Wildman–Crippen LogP) is 2.97. The van der Waals surface area contributed by atoms with Crippen molar-refractivity contribution in [3.63, 3.8) is 0 Å². The molecule has 1 heterocycles. The van der Waals surface area contributed by atoms with Crippen molar-refractivity contribution in [2.75, 3.05) is 18.6 Å². The summed E-state index contributed by atoms with van der Waals surface area (Å²) in [6.45, 7) is 0.556. The second kappa shape index (κ2) is 6.72. The summed E-state index contributed by atoms with van der Waals surface area (Å²) >= 11 is 0. The number of non-ortho nitro benzene ring substituents is 1. The van der Waals surface area contributed by atoms with Crippen molar-refractivity contribution >= 4 is 23.3 Å². The first-order valence-electron chi connectivity index (χ1n) is 7.79. The van der Waals surface area contributed by atoms with E-state index in [1.165, 1.54) is 31.4 Å². The number of methoxy groups -OCH3 is 1. The van der Waals surface area contributed by atoms with Gasteiger partial charge in [0.25, 0.3) is 11.6 Å². The minimum absolute atomic E-state index is 0.0571. The molecule has 1 aliphatic heterocycles. The zero-order valence-electron chi connectivity index (χ0n) is 13.6. The summed E-state index contributed by atoms with van der Waals surface area (Å²) in [6.07, 6.45) is 1.54. The number of aryl methyl sites for hydroxylation is 1. The van der Waals surface area contributed by atoms with E-state index in [4.69, 9.17) is 4.74 Å². The second-order valence-corrected chi connectivity index (χ2v) is 5.70. The molecular weight excluding hydrogens is 324 g/mol. The molecular formula is C18H16N2O5. The quantitative estimate of drug-likeness (QED) is 0.487. The van der Waals surface area contributed by atoms with Gasteiger partial charge in [-0.15, -0.1) is 0 Å². The maximum atomic E-state index is 12.8. The maximum absolute atomic E-state index is 12.8. The summed E-state index contributed by atoms with van der Waals surface area (Å²) in [5, 5.41) is 10.7. The molecule has 0 saturated heterocycles. The molecule has 0 bridgehead atoms. The van der Waals surface area contributed by atoms with Crippen molar-refractivity contribution in [2.24, 2.45) is 0 Å². The van der Waals surface area contributed by atoms with E-state index in [0.29, 0.717) is 17.7 Å². The Balaban J connectivity index is 1.90. The van der Waals surface area contributed by atoms with Crippen LogP contribution in [-0.4, -0.2) is 30.5 Å². The maximum Gasteiger partial charge on any atom is 0.337 e. The summed E-state index contributed by atoms with van der Waals surface area (Å²) in [7, 11) is 1.33. The van der Waals surface area contributed by atoms with E-state index in [1.54, 1.807) is 23.1 Å². The van der Waals surface area contributed by atoms with E-state index < -0.39 is 10.9 Å². The Morgan fingerprint density at radius 3 is 2.44 bits per heavy atom. The molecule has 0 spiro atoms. The molecule has 0 saturated carbocycles. The van der Waals surface area contributed by atoms with Crippen molar-refractivity contribution in [1.29, 1.82) is 0 Å². The fourth-order valence-electron chi connectivity index (χ4n) is 2.93. The van der Waals surface area contributed by atoms with Crippen LogP contribution < -0.4 is 4.90 Å². The van der Waals surface area contributed by atoms with Crippen LogP contribution in [0.3, 0.4) is 0 Å². The van der Waals surface area contributed by atoms with E-state index in [2.05, 4.69) is 0 Å². The number of nitro benzene ring substituents is 1. The standard InChI is InChI=1S/C18H16N2O5/c1-25-18(22)14-6-9-16-13(11-14)3-2-10-19(16)17(21)12-4-7-15(8-5-12)20(23)24/h4-9,11H,2-3,10H2,1H3. The number of nitro groups is 1. The number of fused-ring (bicyclic) bond motifs is 1. The van der Waals surface area contributed by atoms with Gasteiger partial charge in [-0.2, -0.15) is 0 Å². The minimum atomic E-state index is -0.501. The van der Waals surface area contributed by atoms with Crippen LogP contribution in [0.1, 0.15) is 32.7 Å². The Kier molecular flexibility index (Phi) is 4.47. The molecule has 0 aliphatic carbocycles. The number of anilines is 1. The molecule has 0 radical (unpaired) electrons. The lowest BCUT2D eigenvalue weighted by molar-refractivity contribution is -0.384. The molecule has 0 atom stereocenters. The number of carbonyl (C=O) groups excluding carboxylic acids is 2. The van der Waals surface area contributed by atoms with Crippen molar-refractivity contribution in [1.82, 2.24) is 0 Å². The minimum Gasteiger partial charge on any atom is -0.465 e. The molecule has 7 nitrogen and oxygen atoms in total. The highest BCUT2D eigenvalue weighted by atomic mass is 16.6. The monoisotopic (exact) mass is 340 g/mol. The molecule has 0 fully saturated rings. The number of rotatable bonds is 3. The summed E-state index contributed by atoms with van der Waals surface area (Å²) in [5.74, 6) is -0.636. The Morgan fingerprint density at radius 2 is 1.80 bits per heavy atom. The number of ether oxygens (including phenoxy) is 1. The lowest BCUT2D eigenvalue weighted by Crippen LogP contribution is -2.35. The first-order valence-corrected chi connectivity index (χ1v) is 7.79. The smallest absolute Gasteiger partial charge is 0.337 e. The second-order valence-electron chi connectivity index (χ2n) is 5.70. The summed E-state index contributed by atoms with van der Waals surface area (Å²) in [5.41, 5.74) is 2.44. The van der Waals surface area contributed by atoms with Crippen LogP contribution in [0.5, 0.6) is 0 Å². The third kappa shape index (κ3) is 3.21. The van der Waals surface area contributed by atoms with Gasteiger partial charge in [0.15, 0.2) is 0 Å². The van der Waals surface area contributed by atoms with Gasteiger partial charge in [0.05, 0.1) is 17.6 Å². The van der Waals surface area contributed by atoms with Crippen LogP contribution in [0, 0.1) is 10.1 Å². The van der Waals surface area contributed by atoms with E-state index in [1.807, 2.05) is 0 Å². The number of amides is 1. The molecule has 2 aromatic carbocycles. The van der Waals surface area contributed by atoms with Crippen LogP contribution in [0.15, 0.2) is 42.5 Å². The molecule has 1 amide bonds. The molecule has 2 aromatic rings. The number of carbonyl (C=O) groups is 2. The van der Waals surface area contributed by atoms with Crippen LogP contribution in [0.25, 0.3) is 0 Å². The van der Waals surface area contributed by atoms with E-state index in [9.17, 15) is 19.7 Å². The van der Waals surface area contributed by atoms with Gasteiger partial charge in [0.1, 0.15) is 0 Å². The lowest BCUT2D eigenvalue weighted by atomic mass is 9.98. The normalized spacial score (nSPS) is 13.1. The van der Waals surface area contributed by atoms with Gasteiger partial charge in [-0.3, -0.25) is 14.9 Å². The largest absolute Gasteiger partial charge is 0.465 e. The third-order valence-corrected chi connectivity index (χ3v) is 4.19. The summed E-state index contributed by atoms with van der Waals surface area (Å²) in [4.78, 5) is 36.3. The molecule has 0 N–H and O–H groups in total. The number of benzene rings is 2. The first kappa shape index (κ1) is 16.6. The van der Waals surface area contributed by atoms with Crippen LogP contribution >= 0.6 is 0 Å². The number of hydrogen-bond donors (Lipinski definition) is 0. The highest BCUT2D eigenvalue weighted by Crippen LogP contribution is 2.30. The Bertz CT molecular complexity index is 845. The van der Waals surface area contributed by atoms with Crippen molar-refractivity contribution in [3.05, 3.63) is 69.3 Å². The van der Waals surface area contributed by atoms with Crippen LogP contribution in [0.4, 0.5) is 11.4 Å². The van der Waals surface area contributed by atoms with Crippen molar-refractivity contribution < 1.29 is 19.2 Å². The van der Waals surface area contributed by atoms with Gasteiger partial charge in [-0.1, -0.05) is 0 Å². The first-order chi connectivity index (χ1) is 12.0. The molecule has 25 heavy (non-hydrogen) atoms. The molecule has 7 heteroatoms. The molecule has 3 rings (SSSR count). The fraction of sp³-hybridized carbons (Fsp3) is 0.222. The van der Waals surface area contributed by atoms with Gasteiger partial charge in [0, 0.05) is 29.9 Å². The number of nitrogens with zero attached hydrogens (tertiary/aromatic N) is 2. The topological polar surface area (TPSA) is 89.8 Å². The SMILES string of the molecule is COC(=O)c1ccc2c(c1)CCCN2C(=O)c1ccc([N+](=O)[O-])cc1.